The summed E-state index contributed by atoms with van der Waals surface area (Å²) in [4.78, 5) is 1.23. The van der Waals surface area contributed by atoms with E-state index < -0.39 is 0 Å². The van der Waals surface area contributed by atoms with E-state index in [9.17, 15) is 5.26 Å². The van der Waals surface area contributed by atoms with Crippen molar-refractivity contribution in [3.05, 3.63) is 52.2 Å². The van der Waals surface area contributed by atoms with Crippen LogP contribution >= 0.6 is 11.3 Å². The van der Waals surface area contributed by atoms with E-state index in [-0.39, 0.29) is 6.04 Å². The Kier molecular flexibility index (Phi) is 4.35. The molecular formula is C14H14N2OS. The van der Waals surface area contributed by atoms with E-state index in [1.54, 1.807) is 18.4 Å². The van der Waals surface area contributed by atoms with Gasteiger partial charge in [-0.1, -0.05) is 18.2 Å². The summed E-state index contributed by atoms with van der Waals surface area (Å²) in [7, 11) is 1.63. The quantitative estimate of drug-likeness (QED) is 0.896. The standard InChI is InChI=1S/C14H14N2OS/c1-17-12-6-4-11(5-7-12)14(9-15)16-10-13-3-2-8-18-13/h2-8,14,16H,10H2,1H3. The lowest BCUT2D eigenvalue weighted by Gasteiger charge is -2.11. The van der Waals surface area contributed by atoms with Gasteiger partial charge in [0.1, 0.15) is 11.8 Å². The van der Waals surface area contributed by atoms with Gasteiger partial charge in [0.2, 0.25) is 0 Å². The van der Waals surface area contributed by atoms with Gasteiger partial charge in [-0.05, 0) is 29.1 Å². The zero-order chi connectivity index (χ0) is 12.8. The first kappa shape index (κ1) is 12.6. The molecule has 1 heterocycles. The minimum Gasteiger partial charge on any atom is -0.497 e. The van der Waals surface area contributed by atoms with E-state index in [2.05, 4.69) is 17.5 Å². The molecule has 0 radical (unpaired) electrons. The van der Waals surface area contributed by atoms with Gasteiger partial charge in [0.05, 0.1) is 13.2 Å². The van der Waals surface area contributed by atoms with Crippen molar-refractivity contribution in [2.24, 2.45) is 0 Å². The number of ether oxygens (including phenoxy) is 1. The van der Waals surface area contributed by atoms with Crippen molar-refractivity contribution in [3.63, 3.8) is 0 Å². The smallest absolute Gasteiger partial charge is 0.121 e. The maximum Gasteiger partial charge on any atom is 0.121 e. The molecule has 1 aromatic heterocycles. The molecule has 0 saturated carbocycles. The van der Waals surface area contributed by atoms with Crippen LogP contribution in [0.3, 0.4) is 0 Å². The van der Waals surface area contributed by atoms with Crippen molar-refractivity contribution in [3.8, 4) is 11.8 Å². The molecule has 0 bridgehead atoms. The van der Waals surface area contributed by atoms with Gasteiger partial charge < -0.3 is 4.74 Å². The lowest BCUT2D eigenvalue weighted by Crippen LogP contribution is -2.18. The molecule has 0 aliphatic heterocycles. The number of hydrogen-bond donors (Lipinski definition) is 1. The maximum atomic E-state index is 9.19. The molecule has 3 nitrogen and oxygen atoms in total. The first-order valence-electron chi connectivity index (χ1n) is 5.63. The fourth-order valence-electron chi connectivity index (χ4n) is 1.65. The molecule has 0 aliphatic carbocycles. The number of thiophene rings is 1. The summed E-state index contributed by atoms with van der Waals surface area (Å²) >= 11 is 1.68. The first-order valence-corrected chi connectivity index (χ1v) is 6.51. The molecule has 2 rings (SSSR count). The number of rotatable bonds is 5. The Bertz CT molecular complexity index is 514. The highest BCUT2D eigenvalue weighted by Crippen LogP contribution is 2.18. The second-order valence-corrected chi connectivity index (χ2v) is 4.83. The van der Waals surface area contributed by atoms with Crippen molar-refractivity contribution < 1.29 is 4.74 Å². The van der Waals surface area contributed by atoms with Crippen LogP contribution in [0.1, 0.15) is 16.5 Å². The van der Waals surface area contributed by atoms with Gasteiger partial charge in [-0.25, -0.2) is 0 Å². The molecule has 0 fully saturated rings. The van der Waals surface area contributed by atoms with Crippen LogP contribution in [0.25, 0.3) is 0 Å². The highest BCUT2D eigenvalue weighted by atomic mass is 32.1. The average molecular weight is 258 g/mol. The highest BCUT2D eigenvalue weighted by molar-refractivity contribution is 7.09. The van der Waals surface area contributed by atoms with E-state index in [1.807, 2.05) is 35.7 Å². The fraction of sp³-hybridized carbons (Fsp3) is 0.214. The molecule has 1 unspecified atom stereocenters. The third-order valence-corrected chi connectivity index (χ3v) is 3.52. The molecule has 92 valence electrons. The molecule has 0 amide bonds. The van der Waals surface area contributed by atoms with E-state index >= 15 is 0 Å². The molecule has 1 N–H and O–H groups in total. The maximum absolute atomic E-state index is 9.19. The van der Waals surface area contributed by atoms with E-state index in [1.165, 1.54) is 4.88 Å². The van der Waals surface area contributed by atoms with Gasteiger partial charge in [0.25, 0.3) is 0 Å². The fourth-order valence-corrected chi connectivity index (χ4v) is 2.31. The Labute approximate surface area is 111 Å². The summed E-state index contributed by atoms with van der Waals surface area (Å²) < 4.78 is 5.10. The number of methoxy groups -OCH3 is 1. The van der Waals surface area contributed by atoms with Crippen LogP contribution in [0.5, 0.6) is 5.75 Å². The van der Waals surface area contributed by atoms with Gasteiger partial charge in [-0.2, -0.15) is 5.26 Å². The molecule has 0 aliphatic rings. The predicted octanol–water partition coefficient (Wildman–Crippen LogP) is 3.11. The Morgan fingerprint density at radius 2 is 2.11 bits per heavy atom. The molecule has 1 aromatic carbocycles. The zero-order valence-electron chi connectivity index (χ0n) is 10.1. The van der Waals surface area contributed by atoms with Crippen LogP contribution in [0.4, 0.5) is 0 Å². The van der Waals surface area contributed by atoms with E-state index in [0.29, 0.717) is 6.54 Å². The average Bonchev–Trinajstić information content (AvgIpc) is 2.93. The van der Waals surface area contributed by atoms with Crippen molar-refractivity contribution in [1.82, 2.24) is 5.32 Å². The van der Waals surface area contributed by atoms with Crippen molar-refractivity contribution in [2.45, 2.75) is 12.6 Å². The van der Waals surface area contributed by atoms with Gasteiger partial charge in [0.15, 0.2) is 0 Å². The second-order valence-electron chi connectivity index (χ2n) is 3.80. The number of hydrogen-bond acceptors (Lipinski definition) is 4. The van der Waals surface area contributed by atoms with Gasteiger partial charge in [-0.3, -0.25) is 5.32 Å². The van der Waals surface area contributed by atoms with Crippen molar-refractivity contribution >= 4 is 11.3 Å². The summed E-state index contributed by atoms with van der Waals surface area (Å²) in [6.45, 7) is 0.710. The third kappa shape index (κ3) is 3.10. The normalized spacial score (nSPS) is 11.8. The summed E-state index contributed by atoms with van der Waals surface area (Å²) in [6.07, 6.45) is 0. The molecule has 0 spiro atoms. The van der Waals surface area contributed by atoms with Gasteiger partial charge in [0, 0.05) is 11.4 Å². The molecular weight excluding hydrogens is 244 g/mol. The highest BCUT2D eigenvalue weighted by Gasteiger charge is 2.09. The van der Waals surface area contributed by atoms with Crippen LogP contribution in [-0.4, -0.2) is 7.11 Å². The monoisotopic (exact) mass is 258 g/mol. The summed E-state index contributed by atoms with van der Waals surface area (Å²) in [5.74, 6) is 0.800. The summed E-state index contributed by atoms with van der Waals surface area (Å²) in [5.41, 5.74) is 0.954. The molecule has 18 heavy (non-hydrogen) atoms. The minimum absolute atomic E-state index is 0.294. The molecule has 0 saturated heterocycles. The van der Waals surface area contributed by atoms with Crippen LogP contribution in [0, 0.1) is 11.3 Å². The Balaban J connectivity index is 2.01. The van der Waals surface area contributed by atoms with Crippen molar-refractivity contribution in [1.29, 1.82) is 5.26 Å². The predicted molar refractivity (Wildman–Crippen MR) is 72.5 cm³/mol. The van der Waals surface area contributed by atoms with Gasteiger partial charge >= 0.3 is 0 Å². The van der Waals surface area contributed by atoms with E-state index in [4.69, 9.17) is 4.74 Å². The van der Waals surface area contributed by atoms with Crippen LogP contribution in [-0.2, 0) is 6.54 Å². The van der Waals surface area contributed by atoms with Crippen LogP contribution in [0.15, 0.2) is 41.8 Å². The van der Waals surface area contributed by atoms with Crippen LogP contribution in [0.2, 0.25) is 0 Å². The Morgan fingerprint density at radius 1 is 1.33 bits per heavy atom. The molecule has 2 aromatic rings. The summed E-state index contributed by atoms with van der Waals surface area (Å²) in [6, 6.07) is 13.6. The largest absolute Gasteiger partial charge is 0.497 e. The second kappa shape index (κ2) is 6.20. The first-order chi connectivity index (χ1) is 8.83. The summed E-state index contributed by atoms with van der Waals surface area (Å²) in [5, 5.41) is 14.5. The number of nitrogens with zero attached hydrogens (tertiary/aromatic N) is 1. The SMILES string of the molecule is COc1ccc(C(C#N)NCc2cccs2)cc1. The molecule has 1 atom stereocenters. The Morgan fingerprint density at radius 3 is 2.67 bits per heavy atom. The van der Waals surface area contributed by atoms with Crippen LogP contribution < -0.4 is 10.1 Å². The minimum atomic E-state index is -0.294. The number of nitrogens with one attached hydrogen (secondary N) is 1. The topological polar surface area (TPSA) is 45.0 Å². The van der Waals surface area contributed by atoms with Crippen molar-refractivity contribution in [2.75, 3.05) is 7.11 Å². The Hall–Kier alpha value is -1.83. The number of nitriles is 1. The zero-order valence-corrected chi connectivity index (χ0v) is 10.9. The lowest BCUT2D eigenvalue weighted by atomic mass is 10.1. The lowest BCUT2D eigenvalue weighted by molar-refractivity contribution is 0.414. The van der Waals surface area contributed by atoms with Gasteiger partial charge in [-0.15, -0.1) is 11.3 Å². The third-order valence-electron chi connectivity index (χ3n) is 2.64. The molecule has 4 heteroatoms. The number of benzene rings is 1. The van der Waals surface area contributed by atoms with E-state index in [0.717, 1.165) is 11.3 Å².